The Labute approximate surface area is 127 Å². The van der Waals surface area contributed by atoms with Gasteiger partial charge in [0, 0.05) is 24.1 Å². The maximum atomic E-state index is 5.53. The highest BCUT2D eigenvalue weighted by atomic mass is 15.3. The molecule has 0 bridgehead atoms. The number of aromatic nitrogens is 2. The first-order valence-electron chi connectivity index (χ1n) is 7.77. The molecule has 0 spiro atoms. The highest BCUT2D eigenvalue weighted by Gasteiger charge is 2.22. The summed E-state index contributed by atoms with van der Waals surface area (Å²) in [5, 5.41) is 3.54. The fourth-order valence-corrected chi connectivity index (χ4v) is 2.60. The van der Waals surface area contributed by atoms with Gasteiger partial charge in [-0.2, -0.15) is 0 Å². The van der Waals surface area contributed by atoms with E-state index in [1.54, 1.807) is 0 Å². The topological polar surface area (TPSA) is 79.1 Å². The molecule has 0 aliphatic carbocycles. The van der Waals surface area contributed by atoms with Gasteiger partial charge in [-0.25, -0.2) is 15.8 Å². The van der Waals surface area contributed by atoms with Crippen molar-refractivity contribution in [2.75, 3.05) is 30.4 Å². The minimum absolute atomic E-state index is 0.106. The van der Waals surface area contributed by atoms with Gasteiger partial charge in [0.05, 0.1) is 0 Å². The molecular formula is C15H28N6. The lowest BCUT2D eigenvalue weighted by atomic mass is 9.96. The molecule has 1 aliphatic heterocycles. The summed E-state index contributed by atoms with van der Waals surface area (Å²) in [6.07, 6.45) is 2.40. The number of anilines is 2. The predicted octanol–water partition coefficient (Wildman–Crippen LogP) is 1.96. The molecule has 0 radical (unpaired) electrons. The number of nitrogens with zero attached hydrogens (tertiary/aromatic N) is 3. The first-order valence-corrected chi connectivity index (χ1v) is 7.77. The molecule has 1 aliphatic rings. The van der Waals surface area contributed by atoms with Crippen LogP contribution in [0.4, 0.5) is 11.6 Å². The second kappa shape index (κ2) is 6.58. The fraction of sp³-hybridized carbons (Fsp3) is 0.733. The number of hydrogen-bond acceptors (Lipinski definition) is 6. The minimum atomic E-state index is -0.106. The van der Waals surface area contributed by atoms with Crippen molar-refractivity contribution in [3.8, 4) is 0 Å². The van der Waals surface area contributed by atoms with E-state index in [4.69, 9.17) is 5.84 Å². The zero-order valence-electron chi connectivity index (χ0n) is 13.6. The Bertz CT molecular complexity index is 468. The second-order valence-corrected chi connectivity index (χ2v) is 6.73. The van der Waals surface area contributed by atoms with Crippen LogP contribution in [0.1, 0.15) is 46.4 Å². The maximum absolute atomic E-state index is 5.53. The average Bonchev–Trinajstić information content (AvgIpc) is 2.46. The third-order valence-electron chi connectivity index (χ3n) is 3.85. The smallest absolute Gasteiger partial charge is 0.145 e. The molecule has 21 heavy (non-hydrogen) atoms. The number of nitrogens with two attached hydrogens (primary N) is 1. The van der Waals surface area contributed by atoms with Crippen LogP contribution >= 0.6 is 0 Å². The number of nitrogen functional groups attached to an aromatic ring is 1. The van der Waals surface area contributed by atoms with Gasteiger partial charge in [-0.05, 0) is 25.9 Å². The lowest BCUT2D eigenvalue weighted by Crippen LogP contribution is -2.42. The van der Waals surface area contributed by atoms with Gasteiger partial charge in [-0.15, -0.1) is 0 Å². The minimum Gasteiger partial charge on any atom is -0.366 e. The summed E-state index contributed by atoms with van der Waals surface area (Å²) in [4.78, 5) is 11.6. The van der Waals surface area contributed by atoms with Crippen LogP contribution in [0.3, 0.4) is 0 Å². The van der Waals surface area contributed by atoms with E-state index in [0.717, 1.165) is 24.7 Å². The Morgan fingerprint density at radius 3 is 2.67 bits per heavy atom. The van der Waals surface area contributed by atoms with Crippen molar-refractivity contribution < 1.29 is 0 Å². The normalized spacial score (nSPS) is 20.3. The Hall–Kier alpha value is -1.40. The van der Waals surface area contributed by atoms with Crippen LogP contribution in [0.15, 0.2) is 6.07 Å². The molecule has 4 N–H and O–H groups in total. The number of piperidine rings is 1. The molecule has 6 heteroatoms. The molecule has 2 heterocycles. The van der Waals surface area contributed by atoms with E-state index < -0.39 is 0 Å². The molecule has 6 nitrogen and oxygen atoms in total. The largest absolute Gasteiger partial charge is 0.366 e. The van der Waals surface area contributed by atoms with Gasteiger partial charge in [-0.3, -0.25) is 0 Å². The summed E-state index contributed by atoms with van der Waals surface area (Å²) in [7, 11) is 0. The third-order valence-corrected chi connectivity index (χ3v) is 3.85. The van der Waals surface area contributed by atoms with Crippen LogP contribution in [0.2, 0.25) is 0 Å². The molecule has 118 valence electrons. The molecule has 1 unspecified atom stereocenters. The number of hydrazine groups is 1. The number of hydrogen-bond donors (Lipinski definition) is 3. The van der Waals surface area contributed by atoms with Crippen molar-refractivity contribution in [1.29, 1.82) is 0 Å². The lowest BCUT2D eigenvalue weighted by Gasteiger charge is -2.32. The Morgan fingerprint density at radius 1 is 1.33 bits per heavy atom. The molecule has 0 amide bonds. The van der Waals surface area contributed by atoms with Crippen molar-refractivity contribution in [2.24, 2.45) is 5.84 Å². The molecule has 1 saturated heterocycles. The average molecular weight is 292 g/mol. The monoisotopic (exact) mass is 292 g/mol. The van der Waals surface area contributed by atoms with E-state index in [0.29, 0.717) is 11.9 Å². The van der Waals surface area contributed by atoms with Crippen molar-refractivity contribution in [3.05, 3.63) is 11.9 Å². The first kappa shape index (κ1) is 16.0. The quantitative estimate of drug-likeness (QED) is 0.581. The van der Waals surface area contributed by atoms with E-state index >= 15 is 0 Å². The number of rotatable bonds is 4. The third kappa shape index (κ3) is 4.28. The van der Waals surface area contributed by atoms with Crippen molar-refractivity contribution in [2.45, 2.75) is 52.0 Å². The zero-order chi connectivity index (χ0) is 15.5. The van der Waals surface area contributed by atoms with Crippen LogP contribution in [0.25, 0.3) is 0 Å². The summed E-state index contributed by atoms with van der Waals surface area (Å²) in [6.45, 7) is 11.9. The van der Waals surface area contributed by atoms with Crippen molar-refractivity contribution >= 4 is 11.6 Å². The van der Waals surface area contributed by atoms with Gasteiger partial charge in [0.25, 0.3) is 0 Å². The number of likely N-dealkylation sites (N-methyl/N-ethyl adjacent to an activating group) is 1. The van der Waals surface area contributed by atoms with Crippen LogP contribution in [0.5, 0.6) is 0 Å². The SMILES string of the molecule is CCN1CCCC(Nc2cc(NN)nc(C(C)(C)C)n2)C1. The number of nitrogens with one attached hydrogen (secondary N) is 2. The van der Waals surface area contributed by atoms with Gasteiger partial charge >= 0.3 is 0 Å². The van der Waals surface area contributed by atoms with E-state index in [2.05, 4.69) is 53.3 Å². The van der Waals surface area contributed by atoms with Gasteiger partial charge in [0.1, 0.15) is 17.5 Å². The van der Waals surface area contributed by atoms with Gasteiger partial charge in [-0.1, -0.05) is 27.7 Å². The summed E-state index contributed by atoms with van der Waals surface area (Å²) in [5.74, 6) is 7.83. The molecular weight excluding hydrogens is 264 g/mol. The van der Waals surface area contributed by atoms with Crippen LogP contribution in [0, 0.1) is 0 Å². The molecule has 1 aromatic heterocycles. The van der Waals surface area contributed by atoms with E-state index in [1.807, 2.05) is 6.07 Å². The summed E-state index contributed by atoms with van der Waals surface area (Å²) < 4.78 is 0. The molecule has 1 atom stereocenters. The van der Waals surface area contributed by atoms with Crippen molar-refractivity contribution in [3.63, 3.8) is 0 Å². The highest BCUT2D eigenvalue weighted by molar-refractivity contribution is 5.48. The van der Waals surface area contributed by atoms with Crippen LogP contribution in [-0.2, 0) is 5.41 Å². The van der Waals surface area contributed by atoms with Crippen LogP contribution in [-0.4, -0.2) is 40.5 Å². The maximum Gasteiger partial charge on any atom is 0.145 e. The Morgan fingerprint density at radius 2 is 2.05 bits per heavy atom. The first-order chi connectivity index (χ1) is 9.92. The van der Waals surface area contributed by atoms with Gasteiger partial charge in [0.15, 0.2) is 0 Å². The fourth-order valence-electron chi connectivity index (χ4n) is 2.60. The highest BCUT2D eigenvalue weighted by Crippen LogP contribution is 2.23. The summed E-state index contributed by atoms with van der Waals surface area (Å²) >= 11 is 0. The standard InChI is InChI=1S/C15H28N6/c1-5-21-8-6-7-11(10-21)17-12-9-13(20-16)19-14(18-12)15(2,3)4/h9,11H,5-8,10,16H2,1-4H3,(H2,17,18,19,20). The molecule has 1 aromatic rings. The lowest BCUT2D eigenvalue weighted by molar-refractivity contribution is 0.226. The van der Waals surface area contributed by atoms with Crippen molar-refractivity contribution in [1.82, 2.24) is 14.9 Å². The van der Waals surface area contributed by atoms with Crippen LogP contribution < -0.4 is 16.6 Å². The van der Waals surface area contributed by atoms with E-state index in [9.17, 15) is 0 Å². The van der Waals surface area contributed by atoms with E-state index in [1.165, 1.54) is 19.4 Å². The zero-order valence-corrected chi connectivity index (χ0v) is 13.6. The molecule has 0 saturated carbocycles. The summed E-state index contributed by atoms with van der Waals surface area (Å²) in [6, 6.07) is 2.31. The number of likely N-dealkylation sites (tertiary alicyclic amines) is 1. The molecule has 2 rings (SSSR count). The molecule has 0 aromatic carbocycles. The Kier molecular flexibility index (Phi) is 5.00. The molecule has 1 fully saturated rings. The Balaban J connectivity index is 2.15. The predicted molar refractivity (Wildman–Crippen MR) is 87.3 cm³/mol. The van der Waals surface area contributed by atoms with Gasteiger partial charge in [0.2, 0.25) is 0 Å². The second-order valence-electron chi connectivity index (χ2n) is 6.73. The van der Waals surface area contributed by atoms with E-state index in [-0.39, 0.29) is 5.41 Å². The van der Waals surface area contributed by atoms with Gasteiger partial charge < -0.3 is 15.6 Å². The summed E-state index contributed by atoms with van der Waals surface area (Å²) in [5.41, 5.74) is 2.53.